The van der Waals surface area contributed by atoms with Crippen molar-refractivity contribution >= 4 is 22.5 Å². The summed E-state index contributed by atoms with van der Waals surface area (Å²) >= 11 is 1.43. The predicted molar refractivity (Wildman–Crippen MR) is 83.2 cm³/mol. The molecule has 3 N–H and O–H groups in total. The minimum Gasteiger partial charge on any atom is -0.393 e. The molecule has 0 fully saturated rings. The van der Waals surface area contributed by atoms with Gasteiger partial charge in [0, 0.05) is 11.9 Å². The van der Waals surface area contributed by atoms with Crippen LogP contribution in [0, 0.1) is 5.41 Å². The summed E-state index contributed by atoms with van der Waals surface area (Å²) in [6, 6.07) is -0.273. The van der Waals surface area contributed by atoms with Crippen molar-refractivity contribution in [3.05, 3.63) is 11.1 Å². The number of amides is 2. The van der Waals surface area contributed by atoms with Gasteiger partial charge < -0.3 is 10.4 Å². The summed E-state index contributed by atoms with van der Waals surface area (Å²) in [5.41, 5.74) is 1.18. The van der Waals surface area contributed by atoms with E-state index in [1.165, 1.54) is 11.3 Å². The van der Waals surface area contributed by atoms with Crippen LogP contribution in [0.4, 0.5) is 9.93 Å². The molecule has 0 spiro atoms. The number of anilines is 1. The predicted octanol–water partition coefficient (Wildman–Crippen LogP) is 3.01. The normalized spacial score (nSPS) is 13.1. The van der Waals surface area contributed by atoms with Crippen molar-refractivity contribution in [3.8, 4) is 0 Å². The number of rotatable bonds is 6. The van der Waals surface area contributed by atoms with Gasteiger partial charge in [0.1, 0.15) is 0 Å². The van der Waals surface area contributed by atoms with Gasteiger partial charge in [-0.3, -0.25) is 5.32 Å². The van der Waals surface area contributed by atoms with E-state index >= 15 is 0 Å². The number of hydrogen-bond acceptors (Lipinski definition) is 4. The number of hydrogen-bond donors (Lipinski definition) is 3. The topological polar surface area (TPSA) is 74.2 Å². The van der Waals surface area contributed by atoms with E-state index < -0.39 is 0 Å². The van der Waals surface area contributed by atoms with Gasteiger partial charge in [0.05, 0.1) is 11.8 Å². The molecule has 1 rings (SSSR count). The quantitative estimate of drug-likeness (QED) is 0.756. The summed E-state index contributed by atoms with van der Waals surface area (Å²) in [7, 11) is 0. The van der Waals surface area contributed by atoms with E-state index in [1.54, 1.807) is 0 Å². The van der Waals surface area contributed by atoms with Crippen LogP contribution in [0.3, 0.4) is 0 Å². The number of urea groups is 1. The molecule has 114 valence electrons. The summed E-state index contributed by atoms with van der Waals surface area (Å²) < 4.78 is 0. The van der Waals surface area contributed by atoms with Crippen LogP contribution in [0.2, 0.25) is 0 Å². The average molecular weight is 299 g/mol. The molecule has 1 aromatic rings. The minimum absolute atomic E-state index is 0.184. The van der Waals surface area contributed by atoms with Gasteiger partial charge in [-0.05, 0) is 24.7 Å². The Balaban J connectivity index is 2.35. The lowest BCUT2D eigenvalue weighted by atomic mass is 9.91. The Kier molecular flexibility index (Phi) is 6.42. The van der Waals surface area contributed by atoms with E-state index in [0.717, 1.165) is 12.1 Å². The molecule has 0 radical (unpaired) electrons. The van der Waals surface area contributed by atoms with Crippen LogP contribution >= 0.6 is 11.3 Å². The Morgan fingerprint density at radius 3 is 2.80 bits per heavy atom. The fourth-order valence-electron chi connectivity index (χ4n) is 1.69. The second kappa shape index (κ2) is 7.59. The molecule has 6 heteroatoms. The lowest BCUT2D eigenvalue weighted by Crippen LogP contribution is -2.31. The molecule has 2 amide bonds. The SMILES string of the molecule is CCC(O)CCNC(=O)Nc1nc(CC(C)(C)C)cs1. The van der Waals surface area contributed by atoms with Crippen LogP contribution in [0.5, 0.6) is 0 Å². The van der Waals surface area contributed by atoms with Crippen LogP contribution in [0.25, 0.3) is 0 Å². The maximum absolute atomic E-state index is 11.6. The van der Waals surface area contributed by atoms with Crippen molar-refractivity contribution in [1.82, 2.24) is 10.3 Å². The highest BCUT2D eigenvalue weighted by molar-refractivity contribution is 7.13. The summed E-state index contributed by atoms with van der Waals surface area (Å²) in [5.74, 6) is 0. The first-order chi connectivity index (χ1) is 9.30. The Bertz CT molecular complexity index is 426. The zero-order valence-electron chi connectivity index (χ0n) is 12.7. The number of carbonyl (C=O) groups is 1. The molecule has 0 saturated carbocycles. The van der Waals surface area contributed by atoms with E-state index in [2.05, 4.69) is 36.4 Å². The van der Waals surface area contributed by atoms with Crippen molar-refractivity contribution in [2.75, 3.05) is 11.9 Å². The molecule has 0 saturated heterocycles. The molecule has 1 aromatic heterocycles. The van der Waals surface area contributed by atoms with E-state index in [1.807, 2.05) is 12.3 Å². The van der Waals surface area contributed by atoms with Crippen LogP contribution in [-0.2, 0) is 6.42 Å². The summed E-state index contributed by atoms with van der Waals surface area (Å²) in [4.78, 5) is 16.0. The summed E-state index contributed by atoms with van der Waals surface area (Å²) in [5, 5.41) is 17.4. The highest BCUT2D eigenvalue weighted by Crippen LogP contribution is 2.23. The van der Waals surface area contributed by atoms with E-state index in [0.29, 0.717) is 24.5 Å². The van der Waals surface area contributed by atoms with Gasteiger partial charge in [-0.2, -0.15) is 0 Å². The number of aliphatic hydroxyl groups is 1. The lowest BCUT2D eigenvalue weighted by molar-refractivity contribution is 0.160. The van der Waals surface area contributed by atoms with Crippen molar-refractivity contribution < 1.29 is 9.90 Å². The van der Waals surface area contributed by atoms with Gasteiger partial charge in [-0.25, -0.2) is 9.78 Å². The van der Waals surface area contributed by atoms with Crippen LogP contribution in [-0.4, -0.2) is 28.8 Å². The zero-order valence-corrected chi connectivity index (χ0v) is 13.5. The maximum atomic E-state index is 11.6. The number of aliphatic hydroxyl groups excluding tert-OH is 1. The second-order valence-corrected chi connectivity index (χ2v) is 6.97. The van der Waals surface area contributed by atoms with Crippen LogP contribution in [0.15, 0.2) is 5.38 Å². The molecule has 1 heterocycles. The number of thiazole rings is 1. The van der Waals surface area contributed by atoms with Gasteiger partial charge in [0.2, 0.25) is 0 Å². The van der Waals surface area contributed by atoms with Crippen LogP contribution in [0.1, 0.15) is 46.2 Å². The fraction of sp³-hybridized carbons (Fsp3) is 0.714. The molecular formula is C14H25N3O2S. The molecule has 1 unspecified atom stereocenters. The fourth-order valence-corrected chi connectivity index (χ4v) is 2.39. The van der Waals surface area contributed by atoms with Crippen molar-refractivity contribution in [2.45, 2.75) is 53.1 Å². The first-order valence-corrected chi connectivity index (χ1v) is 7.85. The highest BCUT2D eigenvalue weighted by Gasteiger charge is 2.14. The zero-order chi connectivity index (χ0) is 15.2. The molecule has 0 aliphatic carbocycles. The lowest BCUT2D eigenvalue weighted by Gasteiger charge is -2.15. The van der Waals surface area contributed by atoms with Gasteiger partial charge >= 0.3 is 6.03 Å². The van der Waals surface area contributed by atoms with E-state index in [4.69, 9.17) is 0 Å². The molecular weight excluding hydrogens is 274 g/mol. The minimum atomic E-state index is -0.353. The van der Waals surface area contributed by atoms with Gasteiger partial charge in [0.25, 0.3) is 0 Å². The number of nitrogens with zero attached hydrogens (tertiary/aromatic N) is 1. The first kappa shape index (κ1) is 16.9. The van der Waals surface area contributed by atoms with E-state index in [9.17, 15) is 9.90 Å². The molecule has 1 atom stereocenters. The molecule has 5 nitrogen and oxygen atoms in total. The molecule has 0 aromatic carbocycles. The van der Waals surface area contributed by atoms with E-state index in [-0.39, 0.29) is 17.6 Å². The standard InChI is InChI=1S/C14H25N3O2S/c1-5-11(18)6-7-15-12(19)17-13-16-10(9-20-13)8-14(2,3)4/h9,11,18H,5-8H2,1-4H3,(H2,15,16,17,19). The van der Waals surface area contributed by atoms with Gasteiger partial charge in [-0.15, -0.1) is 11.3 Å². The molecule has 0 aliphatic rings. The number of carbonyl (C=O) groups excluding carboxylic acids is 1. The highest BCUT2D eigenvalue weighted by atomic mass is 32.1. The van der Waals surface area contributed by atoms with Gasteiger partial charge in [0.15, 0.2) is 5.13 Å². The number of aromatic nitrogens is 1. The Labute approximate surface area is 124 Å². The summed E-state index contributed by atoms with van der Waals surface area (Å²) in [6.07, 6.45) is 1.80. The largest absolute Gasteiger partial charge is 0.393 e. The van der Waals surface area contributed by atoms with Crippen molar-refractivity contribution in [2.24, 2.45) is 5.41 Å². The second-order valence-electron chi connectivity index (χ2n) is 6.11. The average Bonchev–Trinajstić information content (AvgIpc) is 2.73. The number of nitrogens with one attached hydrogen (secondary N) is 2. The molecule has 0 aliphatic heterocycles. The smallest absolute Gasteiger partial charge is 0.321 e. The third kappa shape index (κ3) is 6.86. The Morgan fingerprint density at radius 2 is 2.20 bits per heavy atom. The third-order valence-corrected chi connectivity index (χ3v) is 3.52. The molecule has 0 bridgehead atoms. The van der Waals surface area contributed by atoms with Crippen molar-refractivity contribution in [1.29, 1.82) is 0 Å². The molecule has 20 heavy (non-hydrogen) atoms. The monoisotopic (exact) mass is 299 g/mol. The first-order valence-electron chi connectivity index (χ1n) is 6.97. The van der Waals surface area contributed by atoms with Crippen LogP contribution < -0.4 is 10.6 Å². The Morgan fingerprint density at radius 1 is 1.50 bits per heavy atom. The van der Waals surface area contributed by atoms with Crippen molar-refractivity contribution in [3.63, 3.8) is 0 Å². The Hall–Kier alpha value is -1.14. The summed E-state index contributed by atoms with van der Waals surface area (Å²) in [6.45, 7) is 8.85. The third-order valence-electron chi connectivity index (χ3n) is 2.72. The van der Waals surface area contributed by atoms with Gasteiger partial charge in [-0.1, -0.05) is 27.7 Å². The maximum Gasteiger partial charge on any atom is 0.321 e.